The molecule has 2 heteroatoms. The van der Waals surface area contributed by atoms with Gasteiger partial charge in [0.2, 0.25) is 0 Å². The van der Waals surface area contributed by atoms with Gasteiger partial charge in [-0.2, -0.15) is 11.8 Å². The Morgan fingerprint density at radius 2 is 2.00 bits per heavy atom. The summed E-state index contributed by atoms with van der Waals surface area (Å²) in [6.07, 6.45) is 5.47. The molecule has 0 amide bonds. The average Bonchev–Trinajstić information content (AvgIpc) is 2.29. The smallest absolute Gasteiger partial charge is 0.0462 e. The Labute approximate surface area is 96.9 Å². The predicted molar refractivity (Wildman–Crippen MR) is 68.3 cm³/mol. The zero-order chi connectivity index (χ0) is 10.9. The third kappa shape index (κ3) is 5.24. The highest BCUT2D eigenvalue weighted by molar-refractivity contribution is 7.98. The second-order valence-corrected chi connectivity index (χ2v) is 4.86. The first-order valence-electron chi connectivity index (χ1n) is 5.50. The zero-order valence-corrected chi connectivity index (χ0v) is 10.2. The molecule has 84 valence electrons. The highest BCUT2D eigenvalue weighted by atomic mass is 32.2. The topological polar surface area (TPSA) is 20.2 Å². The van der Waals surface area contributed by atoms with Gasteiger partial charge in [0.25, 0.3) is 0 Å². The maximum Gasteiger partial charge on any atom is 0.0462 e. The molecule has 1 atom stereocenters. The molecule has 0 saturated carbocycles. The van der Waals surface area contributed by atoms with E-state index in [9.17, 15) is 5.11 Å². The van der Waals surface area contributed by atoms with E-state index in [0.717, 1.165) is 12.8 Å². The molecule has 0 aliphatic heterocycles. The van der Waals surface area contributed by atoms with Gasteiger partial charge in [0.1, 0.15) is 0 Å². The second-order valence-electron chi connectivity index (χ2n) is 3.87. The van der Waals surface area contributed by atoms with E-state index in [2.05, 4.69) is 30.5 Å². The molecule has 0 saturated heterocycles. The van der Waals surface area contributed by atoms with Gasteiger partial charge in [0.05, 0.1) is 0 Å². The van der Waals surface area contributed by atoms with Crippen molar-refractivity contribution in [3.8, 4) is 0 Å². The van der Waals surface area contributed by atoms with Crippen LogP contribution in [0, 0.1) is 5.92 Å². The summed E-state index contributed by atoms with van der Waals surface area (Å²) in [5, 5.41) is 9.28. The number of aliphatic hydroxyl groups excluding tert-OH is 1. The number of benzene rings is 1. The van der Waals surface area contributed by atoms with E-state index in [1.807, 2.05) is 17.8 Å². The molecule has 1 aromatic carbocycles. The first kappa shape index (κ1) is 12.6. The second kappa shape index (κ2) is 7.77. The standard InChI is InChI=1S/C13H20OS/c1-15-9-5-8-13(11-14)10-12-6-3-2-4-7-12/h2-4,6-7,13-14H,5,8-11H2,1H3. The Balaban J connectivity index is 2.33. The molecule has 0 aliphatic carbocycles. The Hall–Kier alpha value is -0.470. The highest BCUT2D eigenvalue weighted by Crippen LogP contribution is 2.14. The van der Waals surface area contributed by atoms with Crippen LogP contribution < -0.4 is 0 Å². The summed E-state index contributed by atoms with van der Waals surface area (Å²) in [7, 11) is 0. The van der Waals surface area contributed by atoms with Crippen LogP contribution in [0.15, 0.2) is 30.3 Å². The lowest BCUT2D eigenvalue weighted by atomic mass is 9.96. The molecule has 15 heavy (non-hydrogen) atoms. The van der Waals surface area contributed by atoms with Crippen LogP contribution >= 0.6 is 11.8 Å². The van der Waals surface area contributed by atoms with Crippen LogP contribution in [0.4, 0.5) is 0 Å². The molecular weight excluding hydrogens is 204 g/mol. The molecule has 1 aromatic rings. The fourth-order valence-electron chi connectivity index (χ4n) is 1.72. The molecule has 0 fully saturated rings. The SMILES string of the molecule is CSCCCC(CO)Cc1ccccc1. The van der Waals surface area contributed by atoms with Gasteiger partial charge < -0.3 is 5.11 Å². The number of rotatable bonds is 7. The summed E-state index contributed by atoms with van der Waals surface area (Å²) in [5.74, 6) is 1.63. The van der Waals surface area contributed by atoms with Crippen molar-refractivity contribution in [3.63, 3.8) is 0 Å². The summed E-state index contributed by atoms with van der Waals surface area (Å²) < 4.78 is 0. The van der Waals surface area contributed by atoms with Crippen molar-refractivity contribution >= 4 is 11.8 Å². The van der Waals surface area contributed by atoms with Crippen molar-refractivity contribution in [2.75, 3.05) is 18.6 Å². The van der Waals surface area contributed by atoms with E-state index in [1.165, 1.54) is 17.7 Å². The van der Waals surface area contributed by atoms with Crippen molar-refractivity contribution < 1.29 is 5.11 Å². The average molecular weight is 224 g/mol. The third-order valence-electron chi connectivity index (χ3n) is 2.59. The lowest BCUT2D eigenvalue weighted by molar-refractivity contribution is 0.217. The lowest BCUT2D eigenvalue weighted by Crippen LogP contribution is -2.10. The van der Waals surface area contributed by atoms with E-state index in [1.54, 1.807) is 0 Å². The van der Waals surface area contributed by atoms with E-state index in [0.29, 0.717) is 12.5 Å². The molecule has 1 nitrogen and oxygen atoms in total. The first-order valence-corrected chi connectivity index (χ1v) is 6.90. The third-order valence-corrected chi connectivity index (χ3v) is 3.28. The highest BCUT2D eigenvalue weighted by Gasteiger charge is 2.07. The van der Waals surface area contributed by atoms with Crippen LogP contribution in [0.5, 0.6) is 0 Å². The van der Waals surface area contributed by atoms with Crippen molar-refractivity contribution in [1.82, 2.24) is 0 Å². The summed E-state index contributed by atoms with van der Waals surface area (Å²) in [4.78, 5) is 0. The van der Waals surface area contributed by atoms with Crippen molar-refractivity contribution in [3.05, 3.63) is 35.9 Å². The molecule has 1 unspecified atom stereocenters. The fraction of sp³-hybridized carbons (Fsp3) is 0.538. The van der Waals surface area contributed by atoms with Gasteiger partial charge in [0.15, 0.2) is 0 Å². The Morgan fingerprint density at radius 1 is 1.27 bits per heavy atom. The van der Waals surface area contributed by atoms with Crippen molar-refractivity contribution in [2.24, 2.45) is 5.92 Å². The van der Waals surface area contributed by atoms with Gasteiger partial charge in [0, 0.05) is 6.61 Å². The molecule has 0 heterocycles. The van der Waals surface area contributed by atoms with Gasteiger partial charge in [-0.1, -0.05) is 30.3 Å². The summed E-state index contributed by atoms with van der Waals surface area (Å²) >= 11 is 1.88. The molecule has 0 bridgehead atoms. The minimum absolute atomic E-state index is 0.309. The number of hydrogen-bond acceptors (Lipinski definition) is 2. The molecule has 0 aromatic heterocycles. The molecule has 1 N–H and O–H groups in total. The minimum atomic E-state index is 0.309. The van der Waals surface area contributed by atoms with Crippen LogP contribution in [-0.4, -0.2) is 23.7 Å². The van der Waals surface area contributed by atoms with Crippen molar-refractivity contribution in [1.29, 1.82) is 0 Å². The normalized spacial score (nSPS) is 12.7. The van der Waals surface area contributed by atoms with Crippen molar-refractivity contribution in [2.45, 2.75) is 19.3 Å². The quantitative estimate of drug-likeness (QED) is 0.719. The van der Waals surface area contributed by atoms with Gasteiger partial charge >= 0.3 is 0 Å². The van der Waals surface area contributed by atoms with E-state index < -0.39 is 0 Å². The molecular formula is C13H20OS. The number of aliphatic hydroxyl groups is 1. The zero-order valence-electron chi connectivity index (χ0n) is 9.36. The fourth-order valence-corrected chi connectivity index (χ4v) is 2.18. The molecule has 0 spiro atoms. The largest absolute Gasteiger partial charge is 0.396 e. The monoisotopic (exact) mass is 224 g/mol. The predicted octanol–water partition coefficient (Wildman–Crippen LogP) is 2.98. The first-order chi connectivity index (χ1) is 7.36. The summed E-state index contributed by atoms with van der Waals surface area (Å²) in [6.45, 7) is 0.309. The molecule has 0 aliphatic rings. The van der Waals surface area contributed by atoms with Crippen LogP contribution in [0.1, 0.15) is 18.4 Å². The van der Waals surface area contributed by atoms with E-state index in [4.69, 9.17) is 0 Å². The van der Waals surface area contributed by atoms with E-state index >= 15 is 0 Å². The van der Waals surface area contributed by atoms with Gasteiger partial charge in [-0.3, -0.25) is 0 Å². The lowest BCUT2D eigenvalue weighted by Gasteiger charge is -2.13. The maximum absolute atomic E-state index is 9.28. The van der Waals surface area contributed by atoms with E-state index in [-0.39, 0.29) is 0 Å². The van der Waals surface area contributed by atoms with Crippen LogP contribution in [0.3, 0.4) is 0 Å². The Morgan fingerprint density at radius 3 is 2.60 bits per heavy atom. The minimum Gasteiger partial charge on any atom is -0.396 e. The van der Waals surface area contributed by atoms with Crippen LogP contribution in [-0.2, 0) is 6.42 Å². The summed E-state index contributed by atoms with van der Waals surface area (Å²) in [5.41, 5.74) is 1.33. The molecule has 1 rings (SSSR count). The van der Waals surface area contributed by atoms with Crippen LogP contribution in [0.2, 0.25) is 0 Å². The maximum atomic E-state index is 9.28. The molecule has 0 radical (unpaired) electrons. The Bertz CT molecular complexity index is 248. The summed E-state index contributed by atoms with van der Waals surface area (Å²) in [6, 6.07) is 10.4. The van der Waals surface area contributed by atoms with Gasteiger partial charge in [-0.05, 0) is 42.8 Å². The van der Waals surface area contributed by atoms with Crippen LogP contribution in [0.25, 0.3) is 0 Å². The van der Waals surface area contributed by atoms with Gasteiger partial charge in [-0.25, -0.2) is 0 Å². The van der Waals surface area contributed by atoms with Gasteiger partial charge in [-0.15, -0.1) is 0 Å². The Kier molecular flexibility index (Phi) is 6.53. The number of thioether (sulfide) groups is 1. The number of hydrogen-bond donors (Lipinski definition) is 1.